The van der Waals surface area contributed by atoms with Gasteiger partial charge in [-0.15, -0.1) is 0 Å². The molecule has 4 nitrogen and oxygen atoms in total. The van der Waals surface area contributed by atoms with Gasteiger partial charge >= 0.3 is 11.9 Å². The molecule has 1 aliphatic rings. The number of rotatable bonds is 7. The number of cyclic esters (lactones) is 2. The SMILES string of the molecule is CC1(C)OC(=O)C(CCCc2ccccc2)(CCc2ccccc2)C(=O)O1. The molecular weight excluding hydrogens is 340 g/mol. The molecule has 4 heteroatoms. The summed E-state index contributed by atoms with van der Waals surface area (Å²) in [7, 11) is 0. The van der Waals surface area contributed by atoms with E-state index < -0.39 is 23.1 Å². The molecule has 0 aliphatic carbocycles. The molecular formula is C23H26O4. The van der Waals surface area contributed by atoms with Crippen LogP contribution in [0.1, 0.15) is 44.2 Å². The van der Waals surface area contributed by atoms with Gasteiger partial charge in [0.1, 0.15) is 0 Å². The van der Waals surface area contributed by atoms with Gasteiger partial charge in [0.2, 0.25) is 0 Å². The first kappa shape index (κ1) is 19.2. The van der Waals surface area contributed by atoms with E-state index in [9.17, 15) is 9.59 Å². The highest BCUT2D eigenvalue weighted by molar-refractivity contribution is 6.01. The standard InChI is InChI=1S/C23H26O4/c1-22(2)26-20(24)23(21(25)27-22,17-15-19-12-7-4-8-13-19)16-9-14-18-10-5-3-6-11-18/h3-8,10-13H,9,14-17H2,1-2H3. The van der Waals surface area contributed by atoms with Crippen molar-refractivity contribution in [3.8, 4) is 0 Å². The first-order chi connectivity index (χ1) is 12.9. The number of carbonyl (C=O) groups is 2. The Hall–Kier alpha value is -2.62. The van der Waals surface area contributed by atoms with Gasteiger partial charge in [0.05, 0.1) is 0 Å². The summed E-state index contributed by atoms with van der Waals surface area (Å²) in [6.07, 6.45) is 2.94. The number of hydrogen-bond donors (Lipinski definition) is 0. The molecule has 0 atom stereocenters. The van der Waals surface area contributed by atoms with Crippen LogP contribution in [0.5, 0.6) is 0 Å². The van der Waals surface area contributed by atoms with Crippen LogP contribution in [0, 0.1) is 5.41 Å². The Kier molecular flexibility index (Phi) is 5.64. The van der Waals surface area contributed by atoms with Crippen LogP contribution in [-0.4, -0.2) is 17.7 Å². The predicted molar refractivity (Wildman–Crippen MR) is 103 cm³/mol. The number of carbonyl (C=O) groups excluding carboxylic acids is 2. The molecule has 1 fully saturated rings. The molecule has 1 saturated heterocycles. The van der Waals surface area contributed by atoms with Gasteiger partial charge in [-0.3, -0.25) is 9.59 Å². The summed E-state index contributed by atoms with van der Waals surface area (Å²) in [4.78, 5) is 25.8. The van der Waals surface area contributed by atoms with Crippen LogP contribution in [0.4, 0.5) is 0 Å². The molecule has 3 rings (SSSR count). The highest BCUT2D eigenvalue weighted by atomic mass is 16.7. The number of esters is 2. The van der Waals surface area contributed by atoms with Crippen molar-refractivity contribution < 1.29 is 19.1 Å². The summed E-state index contributed by atoms with van der Waals surface area (Å²) in [6, 6.07) is 19.9. The second kappa shape index (κ2) is 7.95. The fraction of sp³-hybridized carbons (Fsp3) is 0.391. The van der Waals surface area contributed by atoms with E-state index in [1.54, 1.807) is 13.8 Å². The van der Waals surface area contributed by atoms with Crippen molar-refractivity contribution in [2.24, 2.45) is 5.41 Å². The Morgan fingerprint density at radius 2 is 1.19 bits per heavy atom. The molecule has 0 unspecified atom stereocenters. The van der Waals surface area contributed by atoms with E-state index in [0.717, 1.165) is 12.0 Å². The van der Waals surface area contributed by atoms with Crippen molar-refractivity contribution >= 4 is 11.9 Å². The molecule has 2 aromatic rings. The zero-order valence-corrected chi connectivity index (χ0v) is 15.9. The smallest absolute Gasteiger partial charge is 0.326 e. The number of ether oxygens (including phenoxy) is 2. The first-order valence-corrected chi connectivity index (χ1v) is 9.46. The largest absolute Gasteiger partial charge is 0.422 e. The molecule has 0 spiro atoms. The van der Waals surface area contributed by atoms with Gasteiger partial charge in [0.15, 0.2) is 5.41 Å². The molecule has 1 aliphatic heterocycles. The van der Waals surface area contributed by atoms with E-state index in [1.165, 1.54) is 5.56 Å². The van der Waals surface area contributed by atoms with Gasteiger partial charge in [-0.25, -0.2) is 0 Å². The van der Waals surface area contributed by atoms with Gasteiger partial charge in [-0.1, -0.05) is 60.7 Å². The average molecular weight is 366 g/mol. The molecule has 142 valence electrons. The van der Waals surface area contributed by atoms with Crippen LogP contribution in [-0.2, 0) is 31.9 Å². The Morgan fingerprint density at radius 3 is 1.70 bits per heavy atom. The Balaban J connectivity index is 1.75. The van der Waals surface area contributed by atoms with Crippen molar-refractivity contribution in [3.63, 3.8) is 0 Å². The fourth-order valence-electron chi connectivity index (χ4n) is 3.52. The Labute approximate surface area is 160 Å². The van der Waals surface area contributed by atoms with Crippen molar-refractivity contribution in [2.45, 2.75) is 51.7 Å². The fourth-order valence-corrected chi connectivity index (χ4v) is 3.52. The number of aryl methyl sites for hydroxylation is 2. The quantitative estimate of drug-likeness (QED) is 0.536. The minimum atomic E-state index is -1.24. The van der Waals surface area contributed by atoms with E-state index in [1.807, 2.05) is 48.5 Å². The van der Waals surface area contributed by atoms with Crippen molar-refractivity contribution in [1.29, 1.82) is 0 Å². The minimum Gasteiger partial charge on any atom is -0.422 e. The zero-order chi connectivity index (χ0) is 19.3. The lowest BCUT2D eigenvalue weighted by atomic mass is 9.76. The van der Waals surface area contributed by atoms with Gasteiger partial charge in [-0.2, -0.15) is 0 Å². The first-order valence-electron chi connectivity index (χ1n) is 9.46. The van der Waals surface area contributed by atoms with Gasteiger partial charge in [-0.05, 0) is 43.2 Å². The summed E-state index contributed by atoms with van der Waals surface area (Å²) in [5.74, 6) is -2.13. The summed E-state index contributed by atoms with van der Waals surface area (Å²) in [6.45, 7) is 3.18. The molecule has 0 amide bonds. The molecule has 27 heavy (non-hydrogen) atoms. The van der Waals surface area contributed by atoms with E-state index in [-0.39, 0.29) is 0 Å². The van der Waals surface area contributed by atoms with Crippen molar-refractivity contribution in [3.05, 3.63) is 71.8 Å². The lowest BCUT2D eigenvalue weighted by molar-refractivity contribution is -0.252. The second-order valence-electron chi connectivity index (χ2n) is 7.59. The molecule has 0 N–H and O–H groups in total. The molecule has 0 bridgehead atoms. The Morgan fingerprint density at radius 1 is 0.704 bits per heavy atom. The van der Waals surface area contributed by atoms with E-state index >= 15 is 0 Å². The molecule has 1 heterocycles. The van der Waals surface area contributed by atoms with Gasteiger partial charge in [0, 0.05) is 13.8 Å². The highest BCUT2D eigenvalue weighted by Crippen LogP contribution is 2.40. The summed E-state index contributed by atoms with van der Waals surface area (Å²) < 4.78 is 10.9. The molecule has 0 aromatic heterocycles. The third kappa shape index (κ3) is 4.57. The summed E-state index contributed by atoms with van der Waals surface area (Å²) in [5.41, 5.74) is 1.04. The average Bonchev–Trinajstić information content (AvgIpc) is 2.64. The topological polar surface area (TPSA) is 52.6 Å². The molecule has 2 aromatic carbocycles. The van der Waals surface area contributed by atoms with Crippen LogP contribution in [0.2, 0.25) is 0 Å². The third-order valence-electron chi connectivity index (χ3n) is 5.05. The Bertz CT molecular complexity index is 761. The summed E-state index contributed by atoms with van der Waals surface area (Å²) in [5, 5.41) is 0. The van der Waals surface area contributed by atoms with Crippen molar-refractivity contribution in [2.75, 3.05) is 0 Å². The third-order valence-corrected chi connectivity index (χ3v) is 5.05. The number of benzene rings is 2. The molecule has 0 radical (unpaired) electrons. The highest BCUT2D eigenvalue weighted by Gasteiger charge is 2.55. The van der Waals surface area contributed by atoms with Crippen molar-refractivity contribution in [1.82, 2.24) is 0 Å². The van der Waals surface area contributed by atoms with Crippen LogP contribution >= 0.6 is 0 Å². The van der Waals surface area contributed by atoms with Gasteiger partial charge in [0.25, 0.3) is 5.79 Å². The van der Waals surface area contributed by atoms with Crippen LogP contribution in [0.15, 0.2) is 60.7 Å². The van der Waals surface area contributed by atoms with E-state index in [0.29, 0.717) is 25.7 Å². The van der Waals surface area contributed by atoms with Crippen LogP contribution in [0.25, 0.3) is 0 Å². The zero-order valence-electron chi connectivity index (χ0n) is 15.9. The predicted octanol–water partition coefficient (Wildman–Crippen LogP) is 4.46. The number of hydrogen-bond acceptors (Lipinski definition) is 4. The lowest BCUT2D eigenvalue weighted by Gasteiger charge is -2.40. The van der Waals surface area contributed by atoms with Crippen LogP contribution < -0.4 is 0 Å². The molecule has 0 saturated carbocycles. The maximum absolute atomic E-state index is 12.9. The lowest BCUT2D eigenvalue weighted by Crippen LogP contribution is -2.54. The van der Waals surface area contributed by atoms with Gasteiger partial charge < -0.3 is 9.47 Å². The maximum Gasteiger partial charge on any atom is 0.326 e. The second-order valence-corrected chi connectivity index (χ2v) is 7.59. The minimum absolute atomic E-state index is 0.388. The maximum atomic E-state index is 12.9. The van der Waals surface area contributed by atoms with E-state index in [2.05, 4.69) is 12.1 Å². The summed E-state index contributed by atoms with van der Waals surface area (Å²) >= 11 is 0. The van der Waals surface area contributed by atoms with E-state index in [4.69, 9.17) is 9.47 Å². The monoisotopic (exact) mass is 366 g/mol. The van der Waals surface area contributed by atoms with Crippen LogP contribution in [0.3, 0.4) is 0 Å². The normalized spacial score (nSPS) is 17.9.